The Morgan fingerprint density at radius 1 is 1.56 bits per heavy atom. The number of carbonyl (C=O) groups is 1. The third-order valence-corrected chi connectivity index (χ3v) is 3.57. The van der Waals surface area contributed by atoms with Crippen LogP contribution in [0.25, 0.3) is 0 Å². The van der Waals surface area contributed by atoms with Crippen molar-refractivity contribution < 1.29 is 4.79 Å². The summed E-state index contributed by atoms with van der Waals surface area (Å²) in [6.07, 6.45) is 2.36. The lowest BCUT2D eigenvalue weighted by atomic mass is 10.2. The van der Waals surface area contributed by atoms with Crippen LogP contribution in [-0.2, 0) is 6.42 Å². The lowest BCUT2D eigenvalue weighted by Crippen LogP contribution is -2.11. The standard InChI is InChI=1S/C12H12ClN3OS/c1-3-9-7(2)18-12(15-9)16-11(17)8-4-5-14-10(13)6-8/h4-6H,3H2,1-2H3,(H,15,16,17). The molecular formula is C12H12ClN3OS. The highest BCUT2D eigenvalue weighted by Crippen LogP contribution is 2.23. The second kappa shape index (κ2) is 5.46. The molecule has 0 saturated carbocycles. The van der Waals surface area contributed by atoms with E-state index in [0.717, 1.165) is 17.0 Å². The van der Waals surface area contributed by atoms with E-state index < -0.39 is 0 Å². The maximum absolute atomic E-state index is 11.9. The van der Waals surface area contributed by atoms with Gasteiger partial charge in [-0.25, -0.2) is 9.97 Å². The zero-order chi connectivity index (χ0) is 13.1. The van der Waals surface area contributed by atoms with Crippen molar-refractivity contribution in [3.63, 3.8) is 0 Å². The average molecular weight is 282 g/mol. The highest BCUT2D eigenvalue weighted by Gasteiger charge is 2.11. The third kappa shape index (κ3) is 2.86. The number of carbonyl (C=O) groups excluding carboxylic acids is 1. The predicted molar refractivity (Wildman–Crippen MR) is 73.4 cm³/mol. The monoisotopic (exact) mass is 281 g/mol. The van der Waals surface area contributed by atoms with Gasteiger partial charge in [0.1, 0.15) is 5.15 Å². The van der Waals surface area contributed by atoms with E-state index in [0.29, 0.717) is 15.8 Å². The average Bonchev–Trinajstić information content (AvgIpc) is 2.69. The van der Waals surface area contributed by atoms with Gasteiger partial charge in [0.15, 0.2) is 5.13 Å². The van der Waals surface area contributed by atoms with Crippen molar-refractivity contribution in [1.82, 2.24) is 9.97 Å². The number of thiazole rings is 1. The first-order valence-corrected chi connectivity index (χ1v) is 6.68. The van der Waals surface area contributed by atoms with Crippen LogP contribution in [0.5, 0.6) is 0 Å². The number of amides is 1. The lowest BCUT2D eigenvalue weighted by molar-refractivity contribution is 0.102. The van der Waals surface area contributed by atoms with Crippen LogP contribution in [0.1, 0.15) is 27.9 Å². The molecule has 18 heavy (non-hydrogen) atoms. The molecule has 2 rings (SSSR count). The molecule has 0 bridgehead atoms. The molecule has 0 atom stereocenters. The first kappa shape index (κ1) is 13.0. The van der Waals surface area contributed by atoms with Gasteiger partial charge in [-0.15, -0.1) is 11.3 Å². The van der Waals surface area contributed by atoms with Gasteiger partial charge in [-0.3, -0.25) is 10.1 Å². The van der Waals surface area contributed by atoms with E-state index in [9.17, 15) is 4.79 Å². The van der Waals surface area contributed by atoms with Crippen LogP contribution in [0.15, 0.2) is 18.3 Å². The molecule has 1 amide bonds. The first-order valence-electron chi connectivity index (χ1n) is 5.49. The second-order valence-electron chi connectivity index (χ2n) is 3.70. The molecule has 0 spiro atoms. The summed E-state index contributed by atoms with van der Waals surface area (Å²) >= 11 is 7.21. The number of nitrogens with zero attached hydrogens (tertiary/aromatic N) is 2. The topological polar surface area (TPSA) is 54.9 Å². The van der Waals surface area contributed by atoms with Gasteiger partial charge in [0.05, 0.1) is 5.69 Å². The number of aromatic nitrogens is 2. The number of halogens is 1. The van der Waals surface area contributed by atoms with Gasteiger partial charge in [-0.2, -0.15) is 0 Å². The Hall–Kier alpha value is -1.46. The van der Waals surface area contributed by atoms with Gasteiger partial charge in [0.25, 0.3) is 5.91 Å². The fourth-order valence-electron chi connectivity index (χ4n) is 1.52. The molecule has 0 saturated heterocycles. The molecule has 0 radical (unpaired) electrons. The van der Waals surface area contributed by atoms with E-state index in [1.807, 2.05) is 13.8 Å². The van der Waals surface area contributed by atoms with Crippen molar-refractivity contribution >= 4 is 34.0 Å². The van der Waals surface area contributed by atoms with Crippen LogP contribution in [-0.4, -0.2) is 15.9 Å². The number of hydrogen-bond acceptors (Lipinski definition) is 4. The van der Waals surface area contributed by atoms with Crippen molar-refractivity contribution in [3.05, 3.63) is 39.6 Å². The molecular weight excluding hydrogens is 270 g/mol. The van der Waals surface area contributed by atoms with Crippen LogP contribution in [0, 0.1) is 6.92 Å². The largest absolute Gasteiger partial charge is 0.298 e. The van der Waals surface area contributed by atoms with Gasteiger partial charge in [-0.05, 0) is 25.5 Å². The third-order valence-electron chi connectivity index (χ3n) is 2.44. The van der Waals surface area contributed by atoms with E-state index in [-0.39, 0.29) is 5.91 Å². The Balaban J connectivity index is 2.16. The van der Waals surface area contributed by atoms with Crippen molar-refractivity contribution in [2.45, 2.75) is 20.3 Å². The molecule has 6 heteroatoms. The van der Waals surface area contributed by atoms with Crippen LogP contribution < -0.4 is 5.32 Å². The second-order valence-corrected chi connectivity index (χ2v) is 5.29. The molecule has 2 aromatic heterocycles. The van der Waals surface area contributed by atoms with Crippen LogP contribution in [0.3, 0.4) is 0 Å². The zero-order valence-electron chi connectivity index (χ0n) is 10.0. The SMILES string of the molecule is CCc1nc(NC(=O)c2ccnc(Cl)c2)sc1C. The minimum Gasteiger partial charge on any atom is -0.298 e. The van der Waals surface area contributed by atoms with E-state index in [1.165, 1.54) is 23.6 Å². The van der Waals surface area contributed by atoms with Crippen LogP contribution in [0.4, 0.5) is 5.13 Å². The summed E-state index contributed by atoms with van der Waals surface area (Å²) < 4.78 is 0. The summed E-state index contributed by atoms with van der Waals surface area (Å²) in [5.74, 6) is -0.226. The fourth-order valence-corrected chi connectivity index (χ4v) is 2.59. The molecule has 0 fully saturated rings. The Morgan fingerprint density at radius 3 is 2.94 bits per heavy atom. The summed E-state index contributed by atoms with van der Waals surface area (Å²) in [6, 6.07) is 3.14. The lowest BCUT2D eigenvalue weighted by Gasteiger charge is -2.01. The van der Waals surface area contributed by atoms with Crippen LogP contribution in [0.2, 0.25) is 5.15 Å². The van der Waals surface area contributed by atoms with E-state index in [2.05, 4.69) is 15.3 Å². The molecule has 2 heterocycles. The summed E-state index contributed by atoms with van der Waals surface area (Å²) in [4.78, 5) is 21.3. The van der Waals surface area contributed by atoms with Gasteiger partial charge in [0.2, 0.25) is 0 Å². The van der Waals surface area contributed by atoms with E-state index in [1.54, 1.807) is 6.07 Å². The number of nitrogens with one attached hydrogen (secondary N) is 1. The molecule has 0 aliphatic carbocycles. The molecule has 1 N–H and O–H groups in total. The van der Waals surface area contributed by atoms with Crippen LogP contribution >= 0.6 is 22.9 Å². The fraction of sp³-hybridized carbons (Fsp3) is 0.250. The Labute approximate surface area is 114 Å². The normalized spacial score (nSPS) is 10.4. The number of pyridine rings is 1. The summed E-state index contributed by atoms with van der Waals surface area (Å²) in [5, 5.41) is 3.67. The van der Waals surface area contributed by atoms with Crippen molar-refractivity contribution in [1.29, 1.82) is 0 Å². The summed E-state index contributed by atoms with van der Waals surface area (Å²) in [5.41, 5.74) is 1.49. The molecule has 2 aromatic rings. The maximum atomic E-state index is 11.9. The Kier molecular flexibility index (Phi) is 3.93. The maximum Gasteiger partial charge on any atom is 0.257 e. The molecule has 4 nitrogen and oxygen atoms in total. The minimum absolute atomic E-state index is 0.226. The van der Waals surface area contributed by atoms with E-state index >= 15 is 0 Å². The zero-order valence-corrected chi connectivity index (χ0v) is 11.6. The van der Waals surface area contributed by atoms with Gasteiger partial charge >= 0.3 is 0 Å². The number of hydrogen-bond donors (Lipinski definition) is 1. The van der Waals surface area contributed by atoms with Crippen molar-refractivity contribution in [2.75, 3.05) is 5.32 Å². The van der Waals surface area contributed by atoms with E-state index in [4.69, 9.17) is 11.6 Å². The quantitative estimate of drug-likeness (QED) is 0.878. The number of anilines is 1. The molecule has 94 valence electrons. The number of aryl methyl sites for hydroxylation is 2. The summed E-state index contributed by atoms with van der Waals surface area (Å²) in [6.45, 7) is 4.03. The predicted octanol–water partition coefficient (Wildman–Crippen LogP) is 3.31. The van der Waals surface area contributed by atoms with Gasteiger partial charge < -0.3 is 0 Å². The minimum atomic E-state index is -0.226. The summed E-state index contributed by atoms with van der Waals surface area (Å²) in [7, 11) is 0. The smallest absolute Gasteiger partial charge is 0.257 e. The van der Waals surface area contributed by atoms with Crippen molar-refractivity contribution in [2.24, 2.45) is 0 Å². The molecule has 0 aliphatic heterocycles. The molecule has 0 aliphatic rings. The highest BCUT2D eigenvalue weighted by molar-refractivity contribution is 7.15. The van der Waals surface area contributed by atoms with Gasteiger partial charge in [0, 0.05) is 16.6 Å². The highest BCUT2D eigenvalue weighted by atomic mass is 35.5. The Bertz CT molecular complexity index is 582. The van der Waals surface area contributed by atoms with Gasteiger partial charge in [-0.1, -0.05) is 18.5 Å². The molecule has 0 unspecified atom stereocenters. The Morgan fingerprint density at radius 2 is 2.33 bits per heavy atom. The molecule has 0 aromatic carbocycles. The van der Waals surface area contributed by atoms with Crippen molar-refractivity contribution in [3.8, 4) is 0 Å². The number of rotatable bonds is 3. The first-order chi connectivity index (χ1) is 8.60.